The molecule has 0 unspecified atom stereocenters. The second-order valence-corrected chi connectivity index (χ2v) is 10.9. The zero-order valence-electron chi connectivity index (χ0n) is 12.9. The van der Waals surface area contributed by atoms with Gasteiger partial charge in [0.1, 0.15) is 24.4 Å². The van der Waals surface area contributed by atoms with Gasteiger partial charge in [0.2, 0.25) is 0 Å². The topological polar surface area (TPSA) is 267 Å². The fraction of sp³-hybridized carbons (Fsp3) is 1.00. The highest BCUT2D eigenvalue weighted by Crippen LogP contribution is 2.54. The molecule has 1 rings (SSSR count). The normalized spacial score (nSPS) is 33.1. The van der Waals surface area contributed by atoms with Crippen molar-refractivity contribution in [2.45, 2.75) is 35.2 Å². The summed E-state index contributed by atoms with van der Waals surface area (Å²) in [5.41, 5.74) is 0. The van der Waals surface area contributed by atoms with Gasteiger partial charge in [-0.05, 0) is 0 Å². The molecule has 0 heterocycles. The summed E-state index contributed by atoms with van der Waals surface area (Å²) in [7, 11) is -22.1. The third kappa shape index (κ3) is 9.03. The van der Waals surface area contributed by atoms with Crippen LogP contribution in [0.5, 0.6) is 0 Å². The molecular weight excluding hydrogens is 523 g/mol. The molecule has 28 heavy (non-hydrogen) atoms. The minimum Gasteiger partial charge on any atom is -0.303 e. The van der Waals surface area contributed by atoms with E-state index in [4.69, 9.17) is 62.3 Å². The van der Waals surface area contributed by atoms with E-state index in [9.17, 15) is 18.3 Å². The molecule has 1 saturated carbocycles. The Bertz CT molecular complexity index is 673. The van der Waals surface area contributed by atoms with Gasteiger partial charge in [-0.15, -0.1) is 23.2 Å². The lowest BCUT2D eigenvalue weighted by Gasteiger charge is -2.45. The summed E-state index contributed by atoms with van der Waals surface area (Å²) in [6, 6.07) is 0. The first-order valence-electron chi connectivity index (χ1n) is 6.44. The molecular formula is C6H14Cl2O16P4. The van der Waals surface area contributed by atoms with Gasteiger partial charge >= 0.3 is 31.3 Å². The number of hydrogen-bond acceptors (Lipinski definition) is 8. The third-order valence-electron chi connectivity index (χ3n) is 2.94. The van der Waals surface area contributed by atoms with Gasteiger partial charge in [-0.3, -0.25) is 18.1 Å². The molecule has 0 radical (unpaired) electrons. The van der Waals surface area contributed by atoms with Crippen molar-refractivity contribution in [3.05, 3.63) is 0 Å². The highest BCUT2D eigenvalue weighted by molar-refractivity contribution is 7.47. The smallest absolute Gasteiger partial charge is 0.303 e. The fourth-order valence-electron chi connectivity index (χ4n) is 2.21. The maximum absolute atomic E-state index is 11.2. The van der Waals surface area contributed by atoms with E-state index in [0.29, 0.717) is 0 Å². The number of phosphoric acid groups is 4. The Morgan fingerprint density at radius 2 is 0.643 bits per heavy atom. The Morgan fingerprint density at radius 3 is 0.821 bits per heavy atom. The maximum atomic E-state index is 11.2. The highest BCUT2D eigenvalue weighted by atomic mass is 35.5. The number of phosphoric ester groups is 4. The number of rotatable bonds is 8. The predicted molar refractivity (Wildman–Crippen MR) is 87.0 cm³/mol. The van der Waals surface area contributed by atoms with Gasteiger partial charge in [0, 0.05) is 0 Å². The van der Waals surface area contributed by atoms with Crippen LogP contribution in [0.3, 0.4) is 0 Å². The molecule has 1 aliphatic rings. The molecule has 0 aliphatic heterocycles. The van der Waals surface area contributed by atoms with E-state index in [1.54, 1.807) is 0 Å². The van der Waals surface area contributed by atoms with Crippen molar-refractivity contribution < 1.29 is 75.5 Å². The van der Waals surface area contributed by atoms with E-state index in [-0.39, 0.29) is 0 Å². The molecule has 0 amide bonds. The van der Waals surface area contributed by atoms with Gasteiger partial charge in [0.15, 0.2) is 0 Å². The quantitative estimate of drug-likeness (QED) is 0.138. The molecule has 0 aromatic carbocycles. The van der Waals surface area contributed by atoms with Crippen LogP contribution in [0.15, 0.2) is 0 Å². The van der Waals surface area contributed by atoms with Crippen molar-refractivity contribution in [3.8, 4) is 0 Å². The van der Waals surface area contributed by atoms with E-state index in [1.807, 2.05) is 0 Å². The second kappa shape index (κ2) is 9.25. The molecule has 0 bridgehead atoms. The number of alkyl halides is 2. The van der Waals surface area contributed by atoms with Crippen LogP contribution in [-0.4, -0.2) is 74.3 Å². The Labute approximate surface area is 165 Å². The molecule has 0 saturated heterocycles. The summed E-state index contributed by atoms with van der Waals surface area (Å²) in [6.07, 6.45) is -9.61. The summed E-state index contributed by atoms with van der Waals surface area (Å²) in [5, 5.41) is -3.84. The van der Waals surface area contributed by atoms with Gasteiger partial charge < -0.3 is 39.1 Å². The summed E-state index contributed by atoms with van der Waals surface area (Å²) < 4.78 is 61.6. The van der Waals surface area contributed by atoms with Crippen LogP contribution >= 0.6 is 54.5 Å². The monoisotopic (exact) mass is 536 g/mol. The first-order valence-corrected chi connectivity index (χ1v) is 13.4. The van der Waals surface area contributed by atoms with E-state index < -0.39 is 66.5 Å². The SMILES string of the molecule is O=P(O)(O)O[C@H]1[C@H](OP(=O)(O)O)[C@@H](OP(=O)(O)O)[C@@H](Cl)[C@@H](Cl)[C@@H]1OP(=O)(O)O. The van der Waals surface area contributed by atoms with Crippen LogP contribution in [0.1, 0.15) is 0 Å². The van der Waals surface area contributed by atoms with Crippen LogP contribution in [0, 0.1) is 0 Å². The average Bonchev–Trinajstić information content (AvgIpc) is 2.39. The van der Waals surface area contributed by atoms with Gasteiger partial charge in [0.05, 0.1) is 10.8 Å². The molecule has 6 atom stereocenters. The fourth-order valence-corrected chi connectivity index (χ4v) is 5.28. The maximum Gasteiger partial charge on any atom is 0.470 e. The third-order valence-corrected chi connectivity index (χ3v) is 6.18. The number of halogens is 2. The largest absolute Gasteiger partial charge is 0.470 e. The van der Waals surface area contributed by atoms with Crippen LogP contribution in [-0.2, 0) is 36.4 Å². The molecule has 1 fully saturated rings. The zero-order valence-corrected chi connectivity index (χ0v) is 17.9. The summed E-state index contributed by atoms with van der Waals surface area (Å²) in [4.78, 5) is 71.8. The first kappa shape index (κ1) is 27.1. The van der Waals surface area contributed by atoms with E-state index in [0.717, 1.165) is 0 Å². The van der Waals surface area contributed by atoms with Crippen LogP contribution in [0.2, 0.25) is 0 Å². The molecule has 0 aromatic heterocycles. The van der Waals surface area contributed by atoms with Crippen LogP contribution in [0.25, 0.3) is 0 Å². The predicted octanol–water partition coefficient (Wildman–Crippen LogP) is -0.874. The lowest BCUT2D eigenvalue weighted by molar-refractivity contribution is -0.117. The Morgan fingerprint density at radius 1 is 0.464 bits per heavy atom. The van der Waals surface area contributed by atoms with Crippen molar-refractivity contribution in [3.63, 3.8) is 0 Å². The van der Waals surface area contributed by atoms with Crippen LogP contribution in [0.4, 0.5) is 0 Å². The molecule has 8 N–H and O–H groups in total. The Kier molecular flexibility index (Phi) is 8.94. The molecule has 168 valence electrons. The zero-order chi connectivity index (χ0) is 22.3. The molecule has 0 spiro atoms. The standard InChI is InChI=1S/C6H14Cl2O16P4/c7-1-2(8)4(22-26(12,13)14)6(24-28(18,19)20)5(23-27(15,16)17)3(1)21-25(9,10)11/h1-6H,(H2,9,10,11)(H2,12,13,14)(H2,15,16,17)(H2,18,19,20)/t1-,2+,3-,4-,5+,6+/m0/s1. The van der Waals surface area contributed by atoms with E-state index in [2.05, 4.69) is 18.1 Å². The molecule has 0 aromatic rings. The van der Waals surface area contributed by atoms with Crippen molar-refractivity contribution in [1.82, 2.24) is 0 Å². The lowest BCUT2D eigenvalue weighted by Crippen LogP contribution is -2.62. The minimum absolute atomic E-state index is 1.92. The minimum atomic E-state index is -5.58. The van der Waals surface area contributed by atoms with Gasteiger partial charge in [-0.2, -0.15) is 0 Å². The number of hydrogen-bond donors (Lipinski definition) is 8. The summed E-state index contributed by atoms with van der Waals surface area (Å²) >= 11 is 11.6. The molecule has 1 aliphatic carbocycles. The Hall–Kier alpha value is 1.02. The average molecular weight is 537 g/mol. The summed E-state index contributed by atoms with van der Waals surface area (Å²) in [6.45, 7) is 0. The molecule has 22 heteroatoms. The molecule has 16 nitrogen and oxygen atoms in total. The van der Waals surface area contributed by atoms with E-state index in [1.165, 1.54) is 0 Å². The Balaban J connectivity index is 3.53. The van der Waals surface area contributed by atoms with Crippen molar-refractivity contribution in [1.29, 1.82) is 0 Å². The first-order chi connectivity index (χ1) is 12.2. The van der Waals surface area contributed by atoms with Gasteiger partial charge in [0.25, 0.3) is 0 Å². The van der Waals surface area contributed by atoms with Crippen molar-refractivity contribution in [2.75, 3.05) is 0 Å². The van der Waals surface area contributed by atoms with E-state index >= 15 is 0 Å². The lowest BCUT2D eigenvalue weighted by atomic mass is 9.89. The van der Waals surface area contributed by atoms with Crippen molar-refractivity contribution >= 4 is 54.5 Å². The van der Waals surface area contributed by atoms with Gasteiger partial charge in [-0.25, -0.2) is 18.3 Å². The van der Waals surface area contributed by atoms with Crippen LogP contribution < -0.4 is 0 Å². The highest BCUT2D eigenvalue weighted by Gasteiger charge is 2.58. The van der Waals surface area contributed by atoms with Crippen molar-refractivity contribution in [2.24, 2.45) is 0 Å². The van der Waals surface area contributed by atoms with Gasteiger partial charge in [-0.1, -0.05) is 0 Å². The second-order valence-electron chi connectivity index (χ2n) is 5.13. The summed E-state index contributed by atoms with van der Waals surface area (Å²) in [5.74, 6) is 0.